The van der Waals surface area contributed by atoms with Crippen LogP contribution in [-0.4, -0.2) is 33.2 Å². The van der Waals surface area contributed by atoms with Crippen LogP contribution in [0.1, 0.15) is 31.7 Å². The van der Waals surface area contributed by atoms with E-state index in [1.54, 1.807) is 24.3 Å². The Bertz CT molecular complexity index is 875. The second kappa shape index (κ2) is 8.65. The number of aromatic nitrogens is 2. The summed E-state index contributed by atoms with van der Waals surface area (Å²) in [4.78, 5) is 27.2. The number of ether oxygens (including phenoxy) is 2. The first-order valence-corrected chi connectivity index (χ1v) is 8.01. The molecule has 0 aliphatic heterocycles. The van der Waals surface area contributed by atoms with E-state index in [0.29, 0.717) is 24.7 Å². The Morgan fingerprint density at radius 2 is 2.04 bits per heavy atom. The van der Waals surface area contributed by atoms with Crippen LogP contribution in [0.25, 0.3) is 12.2 Å². The number of nitro groups is 1. The van der Waals surface area contributed by atoms with Gasteiger partial charge in [0.15, 0.2) is 11.5 Å². The third-order valence-electron chi connectivity index (χ3n) is 3.24. The van der Waals surface area contributed by atoms with E-state index in [-0.39, 0.29) is 5.82 Å². The lowest BCUT2D eigenvalue weighted by atomic mass is 10.2. The summed E-state index contributed by atoms with van der Waals surface area (Å²) in [5.41, 5.74) is -1.28. The Kier molecular flexibility index (Phi) is 6.31. The molecule has 26 heavy (non-hydrogen) atoms. The summed E-state index contributed by atoms with van der Waals surface area (Å²) >= 11 is 0. The van der Waals surface area contributed by atoms with Crippen LogP contribution in [0.2, 0.25) is 0 Å². The zero-order chi connectivity index (χ0) is 19.1. The zero-order valence-corrected chi connectivity index (χ0v) is 14.4. The molecule has 0 saturated carbocycles. The van der Waals surface area contributed by atoms with Crippen LogP contribution in [0, 0.1) is 10.1 Å². The van der Waals surface area contributed by atoms with Crippen LogP contribution >= 0.6 is 0 Å². The van der Waals surface area contributed by atoms with Gasteiger partial charge < -0.3 is 19.6 Å². The number of rotatable bonds is 8. The van der Waals surface area contributed by atoms with Crippen molar-refractivity contribution in [3.63, 3.8) is 0 Å². The molecule has 0 bridgehead atoms. The van der Waals surface area contributed by atoms with Gasteiger partial charge in [-0.2, -0.15) is 4.98 Å². The molecule has 0 unspecified atom stereocenters. The van der Waals surface area contributed by atoms with Gasteiger partial charge in [0.05, 0.1) is 18.1 Å². The Morgan fingerprint density at radius 3 is 2.65 bits per heavy atom. The third-order valence-corrected chi connectivity index (χ3v) is 3.24. The maximum Gasteiger partial charge on any atom is 0.395 e. The van der Waals surface area contributed by atoms with Crippen molar-refractivity contribution < 1.29 is 19.5 Å². The number of hydrogen-bond acceptors (Lipinski definition) is 7. The first-order chi connectivity index (χ1) is 12.5. The highest BCUT2D eigenvalue weighted by molar-refractivity contribution is 5.68. The standard InChI is InChI=1S/C17H19N3O6/c1-3-9-26-12-7-5-11(10-13(12)25-4-2)6-8-14-18-16(21)15(20(23)24)17(22)19-14/h5-8,10H,3-4,9H2,1-2H3,(H2,18,19,21,22). The van der Waals surface area contributed by atoms with Gasteiger partial charge in [-0.3, -0.25) is 14.9 Å². The first-order valence-electron chi connectivity index (χ1n) is 8.01. The molecule has 9 heteroatoms. The highest BCUT2D eigenvalue weighted by Gasteiger charge is 2.21. The Morgan fingerprint density at radius 1 is 1.27 bits per heavy atom. The highest BCUT2D eigenvalue weighted by atomic mass is 16.6. The van der Waals surface area contributed by atoms with Gasteiger partial charge in [0, 0.05) is 0 Å². The van der Waals surface area contributed by atoms with Crippen LogP contribution in [0.5, 0.6) is 17.4 Å². The van der Waals surface area contributed by atoms with E-state index < -0.39 is 22.0 Å². The second-order valence-corrected chi connectivity index (χ2v) is 5.20. The van der Waals surface area contributed by atoms with Gasteiger partial charge in [0.25, 0.3) is 5.88 Å². The zero-order valence-electron chi connectivity index (χ0n) is 14.4. The van der Waals surface area contributed by atoms with Crippen LogP contribution in [-0.2, 0) is 0 Å². The molecule has 0 radical (unpaired) electrons. The van der Waals surface area contributed by atoms with Crippen molar-refractivity contribution in [1.82, 2.24) is 9.97 Å². The smallest absolute Gasteiger partial charge is 0.395 e. The summed E-state index contributed by atoms with van der Waals surface area (Å²) in [6, 6.07) is 5.31. The monoisotopic (exact) mass is 361 g/mol. The topological polar surface area (TPSA) is 128 Å². The van der Waals surface area contributed by atoms with Crippen LogP contribution in [0.4, 0.5) is 5.69 Å². The van der Waals surface area contributed by atoms with Crippen LogP contribution in [0.3, 0.4) is 0 Å². The molecule has 1 heterocycles. The minimum atomic E-state index is -1.03. The van der Waals surface area contributed by atoms with Crippen molar-refractivity contribution in [1.29, 1.82) is 0 Å². The number of hydrogen-bond donors (Lipinski definition) is 2. The molecule has 0 aliphatic rings. The van der Waals surface area contributed by atoms with Gasteiger partial charge in [-0.15, -0.1) is 0 Å². The molecule has 0 fully saturated rings. The van der Waals surface area contributed by atoms with Crippen molar-refractivity contribution in [2.75, 3.05) is 13.2 Å². The summed E-state index contributed by atoms with van der Waals surface area (Å²) in [6.07, 6.45) is 3.91. The number of nitrogens with zero attached hydrogens (tertiary/aromatic N) is 2. The van der Waals surface area contributed by atoms with E-state index in [1.165, 1.54) is 6.08 Å². The SMILES string of the molecule is CCCOc1ccc(C=Cc2nc(O)c([N+](=O)[O-])c(=O)[nH]2)cc1OCC. The lowest BCUT2D eigenvalue weighted by Crippen LogP contribution is -2.14. The molecule has 1 aromatic carbocycles. The summed E-state index contributed by atoms with van der Waals surface area (Å²) in [7, 11) is 0. The molecule has 0 amide bonds. The second-order valence-electron chi connectivity index (χ2n) is 5.20. The Hall–Kier alpha value is -3.36. The molecule has 138 valence electrons. The molecule has 1 aromatic heterocycles. The Labute approximate surface area is 149 Å². The van der Waals surface area contributed by atoms with Crippen molar-refractivity contribution >= 4 is 17.8 Å². The van der Waals surface area contributed by atoms with E-state index in [4.69, 9.17) is 9.47 Å². The van der Waals surface area contributed by atoms with E-state index in [1.807, 2.05) is 13.8 Å². The molecule has 0 spiro atoms. The number of aromatic amines is 1. The maximum atomic E-state index is 11.6. The van der Waals surface area contributed by atoms with E-state index in [9.17, 15) is 20.0 Å². The molecule has 2 aromatic rings. The van der Waals surface area contributed by atoms with Crippen molar-refractivity contribution in [3.05, 3.63) is 50.1 Å². The molecule has 0 aliphatic carbocycles. The highest BCUT2D eigenvalue weighted by Crippen LogP contribution is 2.29. The predicted molar refractivity (Wildman–Crippen MR) is 95.5 cm³/mol. The fourth-order valence-electron chi connectivity index (χ4n) is 2.12. The molecule has 0 atom stereocenters. The first kappa shape index (κ1) is 19.0. The maximum absolute atomic E-state index is 11.6. The lowest BCUT2D eigenvalue weighted by molar-refractivity contribution is -0.387. The van der Waals surface area contributed by atoms with E-state index in [0.717, 1.165) is 12.0 Å². The average Bonchev–Trinajstić information content (AvgIpc) is 2.58. The third kappa shape index (κ3) is 4.59. The molecule has 2 rings (SSSR count). The molecular weight excluding hydrogens is 342 g/mol. The fourth-order valence-corrected chi connectivity index (χ4v) is 2.12. The number of benzene rings is 1. The molecule has 2 N–H and O–H groups in total. The predicted octanol–water partition coefficient (Wildman–Crippen LogP) is 2.74. The average molecular weight is 361 g/mol. The number of nitrogens with one attached hydrogen (secondary N) is 1. The van der Waals surface area contributed by atoms with Crippen LogP contribution in [0.15, 0.2) is 23.0 Å². The fraction of sp³-hybridized carbons (Fsp3) is 0.294. The van der Waals surface area contributed by atoms with E-state index >= 15 is 0 Å². The normalized spacial score (nSPS) is 10.8. The summed E-state index contributed by atoms with van der Waals surface area (Å²) in [5, 5.41) is 20.2. The summed E-state index contributed by atoms with van der Waals surface area (Å²) in [6.45, 7) is 4.91. The van der Waals surface area contributed by atoms with Gasteiger partial charge in [-0.05, 0) is 37.1 Å². The van der Waals surface area contributed by atoms with Crippen LogP contribution < -0.4 is 15.0 Å². The summed E-state index contributed by atoms with van der Waals surface area (Å²) in [5.74, 6) is 0.264. The van der Waals surface area contributed by atoms with Gasteiger partial charge in [-0.25, -0.2) is 0 Å². The van der Waals surface area contributed by atoms with Gasteiger partial charge in [0.2, 0.25) is 0 Å². The van der Waals surface area contributed by atoms with Crippen molar-refractivity contribution in [3.8, 4) is 17.4 Å². The minimum Gasteiger partial charge on any atom is -0.490 e. The molecule has 0 saturated heterocycles. The van der Waals surface area contributed by atoms with Crippen molar-refractivity contribution in [2.45, 2.75) is 20.3 Å². The minimum absolute atomic E-state index is 0.0117. The largest absolute Gasteiger partial charge is 0.490 e. The van der Waals surface area contributed by atoms with Gasteiger partial charge in [0.1, 0.15) is 5.82 Å². The number of H-pyrrole nitrogens is 1. The van der Waals surface area contributed by atoms with E-state index in [2.05, 4.69) is 9.97 Å². The quantitative estimate of drug-likeness (QED) is 0.546. The van der Waals surface area contributed by atoms with Gasteiger partial charge in [-0.1, -0.05) is 19.1 Å². The lowest BCUT2D eigenvalue weighted by Gasteiger charge is -2.12. The Balaban J connectivity index is 2.28. The van der Waals surface area contributed by atoms with Gasteiger partial charge >= 0.3 is 11.2 Å². The summed E-state index contributed by atoms with van der Waals surface area (Å²) < 4.78 is 11.2. The molecular formula is C17H19N3O6. The number of aromatic hydroxyl groups is 1. The van der Waals surface area contributed by atoms with Crippen molar-refractivity contribution in [2.24, 2.45) is 0 Å². The molecule has 9 nitrogen and oxygen atoms in total.